The van der Waals surface area contributed by atoms with E-state index in [-0.39, 0.29) is 24.0 Å². The van der Waals surface area contributed by atoms with Crippen LogP contribution in [0.2, 0.25) is 0 Å². The zero-order valence-corrected chi connectivity index (χ0v) is 15.7. The van der Waals surface area contributed by atoms with Crippen LogP contribution in [0.1, 0.15) is 19.4 Å². The van der Waals surface area contributed by atoms with Crippen LogP contribution in [0.3, 0.4) is 0 Å². The van der Waals surface area contributed by atoms with Crippen molar-refractivity contribution in [1.29, 1.82) is 0 Å². The highest BCUT2D eigenvalue weighted by atomic mass is 127. The van der Waals surface area contributed by atoms with E-state index in [9.17, 15) is 0 Å². The number of benzene rings is 1. The van der Waals surface area contributed by atoms with Crippen LogP contribution in [-0.2, 0) is 11.3 Å². The summed E-state index contributed by atoms with van der Waals surface area (Å²) in [4.78, 5) is 6.80. The molecule has 0 amide bonds. The fraction of sp³-hybridized carbons (Fsp3) is 0.562. The Kier molecular flexibility index (Phi) is 8.55. The second kappa shape index (κ2) is 9.89. The lowest BCUT2D eigenvalue weighted by Gasteiger charge is -2.30. The Labute approximate surface area is 150 Å². The molecule has 0 atom stereocenters. The van der Waals surface area contributed by atoms with Gasteiger partial charge in [0.25, 0.3) is 0 Å². The van der Waals surface area contributed by atoms with Crippen molar-refractivity contribution >= 4 is 35.6 Å². The molecule has 0 spiro atoms. The number of guanidine groups is 1. The highest BCUT2D eigenvalue weighted by Gasteiger charge is 2.13. The number of rotatable bonds is 5. The van der Waals surface area contributed by atoms with Gasteiger partial charge in [-0.15, -0.1) is 24.0 Å². The Morgan fingerprint density at radius 3 is 2.68 bits per heavy atom. The smallest absolute Gasteiger partial charge is 0.188 e. The van der Waals surface area contributed by atoms with E-state index in [1.54, 1.807) is 0 Å². The Hall–Kier alpha value is -1.02. The predicted molar refractivity (Wildman–Crippen MR) is 103 cm³/mol. The summed E-state index contributed by atoms with van der Waals surface area (Å²) in [7, 11) is 0. The lowest BCUT2D eigenvalue weighted by molar-refractivity contribution is 0.122. The molecule has 6 heteroatoms. The molecule has 2 rings (SSSR count). The molecule has 1 heterocycles. The molecule has 1 aromatic carbocycles. The quantitative estimate of drug-likeness (QED) is 0.437. The van der Waals surface area contributed by atoms with E-state index in [0.717, 1.165) is 32.8 Å². The van der Waals surface area contributed by atoms with Gasteiger partial charge < -0.3 is 20.7 Å². The van der Waals surface area contributed by atoms with Crippen LogP contribution < -0.4 is 16.0 Å². The molecule has 3 N–H and O–H groups in total. The molecule has 0 aromatic heterocycles. The van der Waals surface area contributed by atoms with Crippen molar-refractivity contribution in [2.24, 2.45) is 16.6 Å². The summed E-state index contributed by atoms with van der Waals surface area (Å²) in [5.41, 5.74) is 8.34. The molecule has 5 nitrogen and oxygen atoms in total. The Morgan fingerprint density at radius 1 is 1.32 bits per heavy atom. The summed E-state index contributed by atoms with van der Waals surface area (Å²) in [6.45, 7) is 9.18. The summed E-state index contributed by atoms with van der Waals surface area (Å²) >= 11 is 0. The standard InChI is InChI=1S/C16H26N4O.HI/c1-13(2)11-18-16(17)19-12-14-5-3-4-6-15(14)20-7-9-21-10-8-20;/h3-6,13H,7-12H2,1-2H3,(H3,17,18,19);1H. The van der Waals surface area contributed by atoms with Gasteiger partial charge in [0, 0.05) is 25.3 Å². The van der Waals surface area contributed by atoms with Crippen LogP contribution >= 0.6 is 24.0 Å². The van der Waals surface area contributed by atoms with Crippen LogP contribution in [0.15, 0.2) is 29.3 Å². The van der Waals surface area contributed by atoms with Crippen LogP contribution in [0.25, 0.3) is 0 Å². The van der Waals surface area contributed by atoms with Gasteiger partial charge in [-0.25, -0.2) is 4.99 Å². The van der Waals surface area contributed by atoms with Gasteiger partial charge in [0.05, 0.1) is 19.8 Å². The first-order valence-corrected chi connectivity index (χ1v) is 7.61. The van der Waals surface area contributed by atoms with Gasteiger partial charge in [-0.05, 0) is 17.5 Å². The number of hydrogen-bond acceptors (Lipinski definition) is 3. The SMILES string of the molecule is CC(C)CNC(N)=NCc1ccccc1N1CCOCC1.I. The Bertz CT molecular complexity index is 473. The number of nitrogens with zero attached hydrogens (tertiary/aromatic N) is 2. The summed E-state index contributed by atoms with van der Waals surface area (Å²) in [5, 5.41) is 3.15. The molecule has 0 saturated carbocycles. The van der Waals surface area contributed by atoms with Gasteiger partial charge in [-0.1, -0.05) is 32.0 Å². The molecule has 1 aliphatic rings. The van der Waals surface area contributed by atoms with Crippen molar-refractivity contribution in [2.45, 2.75) is 20.4 Å². The molecule has 0 radical (unpaired) electrons. The number of hydrogen-bond donors (Lipinski definition) is 2. The first kappa shape index (κ1) is 19.0. The molecule has 22 heavy (non-hydrogen) atoms. The van der Waals surface area contributed by atoms with E-state index < -0.39 is 0 Å². The second-order valence-corrected chi connectivity index (χ2v) is 5.70. The molecule has 124 valence electrons. The van der Waals surface area contributed by atoms with Gasteiger partial charge in [-0.2, -0.15) is 0 Å². The maximum absolute atomic E-state index is 5.90. The summed E-state index contributed by atoms with van der Waals surface area (Å²) < 4.78 is 5.41. The number of nitrogens with one attached hydrogen (secondary N) is 1. The number of morpholine rings is 1. The van der Waals surface area contributed by atoms with E-state index >= 15 is 0 Å². The highest BCUT2D eigenvalue weighted by Crippen LogP contribution is 2.22. The monoisotopic (exact) mass is 418 g/mol. The third-order valence-corrected chi connectivity index (χ3v) is 3.45. The van der Waals surface area contributed by atoms with Crippen LogP contribution in [0.4, 0.5) is 5.69 Å². The van der Waals surface area contributed by atoms with Gasteiger partial charge in [-0.3, -0.25) is 0 Å². The molecular formula is C16H27IN4O. The fourth-order valence-corrected chi connectivity index (χ4v) is 2.29. The van der Waals surface area contributed by atoms with Crippen LogP contribution in [0, 0.1) is 5.92 Å². The van der Waals surface area contributed by atoms with Gasteiger partial charge in [0.15, 0.2) is 5.96 Å². The molecular weight excluding hydrogens is 391 g/mol. The van der Waals surface area contributed by atoms with Crippen molar-refractivity contribution in [3.05, 3.63) is 29.8 Å². The van der Waals surface area contributed by atoms with Crippen molar-refractivity contribution in [3.8, 4) is 0 Å². The number of para-hydroxylation sites is 1. The largest absolute Gasteiger partial charge is 0.378 e. The molecule has 1 aromatic rings. The summed E-state index contributed by atoms with van der Waals surface area (Å²) in [6.07, 6.45) is 0. The summed E-state index contributed by atoms with van der Waals surface area (Å²) in [5.74, 6) is 1.07. The number of ether oxygens (including phenoxy) is 1. The lowest BCUT2D eigenvalue weighted by atomic mass is 10.1. The summed E-state index contributed by atoms with van der Waals surface area (Å²) in [6, 6.07) is 8.38. The normalized spacial score (nSPS) is 15.6. The zero-order chi connectivity index (χ0) is 15.1. The predicted octanol–water partition coefficient (Wildman–Crippen LogP) is 2.20. The van der Waals surface area contributed by atoms with Crippen molar-refractivity contribution in [1.82, 2.24) is 5.32 Å². The minimum atomic E-state index is 0. The fourth-order valence-electron chi connectivity index (χ4n) is 2.29. The minimum Gasteiger partial charge on any atom is -0.378 e. The minimum absolute atomic E-state index is 0. The number of aliphatic imine (C=N–C) groups is 1. The van der Waals surface area contributed by atoms with Gasteiger partial charge in [0.1, 0.15) is 0 Å². The molecule has 1 fully saturated rings. The molecule has 1 saturated heterocycles. The van der Waals surface area contributed by atoms with Crippen molar-refractivity contribution < 1.29 is 4.74 Å². The van der Waals surface area contributed by atoms with Crippen molar-refractivity contribution in [2.75, 3.05) is 37.7 Å². The molecule has 1 aliphatic heterocycles. The topological polar surface area (TPSA) is 62.9 Å². The first-order valence-electron chi connectivity index (χ1n) is 7.61. The third kappa shape index (κ3) is 6.00. The van der Waals surface area contributed by atoms with Crippen LogP contribution in [-0.4, -0.2) is 38.8 Å². The average Bonchev–Trinajstić information content (AvgIpc) is 2.52. The second-order valence-electron chi connectivity index (χ2n) is 5.70. The van der Waals surface area contributed by atoms with E-state index in [1.165, 1.54) is 11.3 Å². The first-order chi connectivity index (χ1) is 10.2. The van der Waals surface area contributed by atoms with E-state index in [4.69, 9.17) is 10.5 Å². The van der Waals surface area contributed by atoms with Gasteiger partial charge >= 0.3 is 0 Å². The van der Waals surface area contributed by atoms with E-state index in [2.05, 4.69) is 47.3 Å². The molecule has 0 unspecified atom stereocenters. The molecule has 0 aliphatic carbocycles. The lowest BCUT2D eigenvalue weighted by Crippen LogP contribution is -2.37. The Balaban J connectivity index is 0.00000242. The van der Waals surface area contributed by atoms with Gasteiger partial charge in [0.2, 0.25) is 0 Å². The van der Waals surface area contributed by atoms with E-state index in [1.807, 2.05) is 6.07 Å². The maximum Gasteiger partial charge on any atom is 0.188 e. The number of nitrogens with two attached hydrogens (primary N) is 1. The number of halogens is 1. The highest BCUT2D eigenvalue weighted by molar-refractivity contribution is 14.0. The zero-order valence-electron chi connectivity index (χ0n) is 13.4. The van der Waals surface area contributed by atoms with Crippen LogP contribution in [0.5, 0.6) is 0 Å². The Morgan fingerprint density at radius 2 is 2.00 bits per heavy atom. The maximum atomic E-state index is 5.90. The number of anilines is 1. The average molecular weight is 418 g/mol. The third-order valence-electron chi connectivity index (χ3n) is 3.45. The van der Waals surface area contributed by atoms with E-state index in [0.29, 0.717) is 18.4 Å². The molecule has 0 bridgehead atoms. The van der Waals surface area contributed by atoms with Crippen molar-refractivity contribution in [3.63, 3.8) is 0 Å².